The lowest BCUT2D eigenvalue weighted by Crippen LogP contribution is -2.42. The molecule has 3 aliphatic rings. The fourth-order valence-electron chi connectivity index (χ4n) is 2.76. The molecule has 3 saturated heterocycles. The first kappa shape index (κ1) is 15.3. The van der Waals surface area contributed by atoms with Crippen LogP contribution in [-0.2, 0) is 9.53 Å². The lowest BCUT2D eigenvalue weighted by atomic mass is 10.2. The van der Waals surface area contributed by atoms with Crippen molar-refractivity contribution in [1.29, 1.82) is 0 Å². The minimum Gasteiger partial charge on any atom is -0.376 e. The van der Waals surface area contributed by atoms with Crippen molar-refractivity contribution in [3.63, 3.8) is 0 Å². The number of thiocarbonyl (C=S) groups is 1. The van der Waals surface area contributed by atoms with Crippen molar-refractivity contribution >= 4 is 34.2 Å². The molecule has 0 aromatic rings. The summed E-state index contributed by atoms with van der Waals surface area (Å²) in [6.45, 7) is 5.40. The summed E-state index contributed by atoms with van der Waals surface area (Å²) >= 11 is 6.78. The van der Waals surface area contributed by atoms with Crippen LogP contribution in [0.2, 0.25) is 0 Å². The number of piperazine rings is 1. The second kappa shape index (κ2) is 6.64. The van der Waals surface area contributed by atoms with Crippen molar-refractivity contribution in [2.45, 2.75) is 18.9 Å². The number of thioether (sulfide) groups is 1. The lowest BCUT2D eigenvalue weighted by Gasteiger charge is -2.31. The molecule has 0 radical (unpaired) electrons. The van der Waals surface area contributed by atoms with Gasteiger partial charge in [0.05, 0.1) is 17.6 Å². The second-order valence-electron chi connectivity index (χ2n) is 5.75. The van der Waals surface area contributed by atoms with E-state index in [1.54, 1.807) is 4.90 Å². The van der Waals surface area contributed by atoms with Crippen LogP contribution in [0.4, 0.5) is 0 Å². The molecule has 1 atom stereocenters. The molecule has 3 fully saturated rings. The average molecular weight is 327 g/mol. The molecule has 116 valence electrons. The summed E-state index contributed by atoms with van der Waals surface area (Å²) in [6.07, 6.45) is 4.24. The Kier molecular flexibility index (Phi) is 4.83. The number of hydrogen-bond donors (Lipinski definition) is 0. The highest BCUT2D eigenvalue weighted by atomic mass is 32.2. The first-order valence-corrected chi connectivity index (χ1v) is 8.65. The van der Waals surface area contributed by atoms with Crippen LogP contribution in [0, 0.1) is 0 Å². The molecule has 0 aromatic heterocycles. The fourth-order valence-corrected chi connectivity index (χ4v) is 4.04. The van der Waals surface area contributed by atoms with Crippen molar-refractivity contribution < 1.29 is 9.53 Å². The van der Waals surface area contributed by atoms with E-state index in [9.17, 15) is 4.79 Å². The molecule has 3 aliphatic heterocycles. The predicted octanol–water partition coefficient (Wildman–Crippen LogP) is 1.11. The molecular weight excluding hydrogens is 306 g/mol. The number of amides is 1. The zero-order valence-corrected chi connectivity index (χ0v) is 13.9. The van der Waals surface area contributed by atoms with E-state index in [4.69, 9.17) is 17.0 Å². The maximum absolute atomic E-state index is 12.5. The van der Waals surface area contributed by atoms with E-state index in [1.165, 1.54) is 11.8 Å². The topological polar surface area (TPSA) is 36.0 Å². The molecule has 0 saturated carbocycles. The van der Waals surface area contributed by atoms with Crippen LogP contribution >= 0.6 is 24.0 Å². The van der Waals surface area contributed by atoms with Crippen LogP contribution in [-0.4, -0.2) is 77.4 Å². The van der Waals surface area contributed by atoms with Gasteiger partial charge in [0.15, 0.2) is 0 Å². The standard InChI is InChI=1S/C14H21N3O2S2/c1-15-4-6-16(7-5-15)10-12-13(18)17(14(20)21-12)9-11-3-2-8-19-11/h10-11H,2-9H2,1H3/b12-10-. The van der Waals surface area contributed by atoms with Gasteiger partial charge in [-0.25, -0.2) is 0 Å². The van der Waals surface area contributed by atoms with Crippen LogP contribution in [0.25, 0.3) is 0 Å². The summed E-state index contributed by atoms with van der Waals surface area (Å²) in [5, 5.41) is 0. The van der Waals surface area contributed by atoms with Gasteiger partial charge in [0.1, 0.15) is 4.32 Å². The Bertz CT molecular complexity index is 455. The van der Waals surface area contributed by atoms with Crippen LogP contribution in [0.15, 0.2) is 11.1 Å². The van der Waals surface area contributed by atoms with Gasteiger partial charge in [-0.2, -0.15) is 0 Å². The molecule has 7 heteroatoms. The summed E-state index contributed by atoms with van der Waals surface area (Å²) in [5.74, 6) is 0.0411. The van der Waals surface area contributed by atoms with E-state index in [0.29, 0.717) is 10.9 Å². The highest BCUT2D eigenvalue weighted by molar-refractivity contribution is 8.26. The molecule has 0 bridgehead atoms. The number of carbonyl (C=O) groups is 1. The Labute approximate surface area is 135 Å². The van der Waals surface area contributed by atoms with Gasteiger partial charge in [0, 0.05) is 39.0 Å². The predicted molar refractivity (Wildman–Crippen MR) is 88.0 cm³/mol. The minimum atomic E-state index is 0.0411. The third kappa shape index (κ3) is 3.59. The molecular formula is C14H21N3O2S2. The van der Waals surface area contributed by atoms with Gasteiger partial charge in [0.25, 0.3) is 5.91 Å². The van der Waals surface area contributed by atoms with Crippen molar-refractivity contribution in [2.75, 3.05) is 46.4 Å². The highest BCUT2D eigenvalue weighted by Gasteiger charge is 2.35. The first-order valence-electron chi connectivity index (χ1n) is 7.43. The van der Waals surface area contributed by atoms with Gasteiger partial charge < -0.3 is 14.5 Å². The van der Waals surface area contributed by atoms with Crippen molar-refractivity contribution in [3.05, 3.63) is 11.1 Å². The monoisotopic (exact) mass is 327 g/mol. The molecule has 1 unspecified atom stereocenters. The maximum Gasteiger partial charge on any atom is 0.267 e. The van der Waals surface area contributed by atoms with Crippen LogP contribution in [0.3, 0.4) is 0 Å². The van der Waals surface area contributed by atoms with Crippen LogP contribution in [0.5, 0.6) is 0 Å². The van der Waals surface area contributed by atoms with Crippen molar-refractivity contribution in [1.82, 2.24) is 14.7 Å². The van der Waals surface area contributed by atoms with E-state index in [1.807, 2.05) is 6.20 Å². The van der Waals surface area contributed by atoms with Gasteiger partial charge in [-0.15, -0.1) is 0 Å². The maximum atomic E-state index is 12.5. The van der Waals surface area contributed by atoms with Crippen molar-refractivity contribution in [2.24, 2.45) is 0 Å². The zero-order valence-electron chi connectivity index (χ0n) is 12.3. The average Bonchev–Trinajstić information content (AvgIpc) is 3.06. The quantitative estimate of drug-likeness (QED) is 0.571. The Morgan fingerprint density at radius 3 is 2.81 bits per heavy atom. The van der Waals surface area contributed by atoms with E-state index in [2.05, 4.69) is 16.8 Å². The van der Waals surface area contributed by atoms with Crippen LogP contribution in [0.1, 0.15) is 12.8 Å². The molecule has 5 nitrogen and oxygen atoms in total. The number of likely N-dealkylation sites (N-methyl/N-ethyl adjacent to an activating group) is 1. The van der Waals surface area contributed by atoms with Crippen molar-refractivity contribution in [3.8, 4) is 0 Å². The van der Waals surface area contributed by atoms with Crippen LogP contribution < -0.4 is 0 Å². The molecule has 21 heavy (non-hydrogen) atoms. The molecule has 0 N–H and O–H groups in total. The van der Waals surface area contributed by atoms with E-state index in [-0.39, 0.29) is 12.0 Å². The number of ether oxygens (including phenoxy) is 1. The molecule has 0 aliphatic carbocycles. The summed E-state index contributed by atoms with van der Waals surface area (Å²) in [5.41, 5.74) is 0. The van der Waals surface area contributed by atoms with Gasteiger partial charge in [-0.3, -0.25) is 9.69 Å². The summed E-state index contributed by atoms with van der Waals surface area (Å²) in [7, 11) is 2.12. The lowest BCUT2D eigenvalue weighted by molar-refractivity contribution is -0.123. The number of rotatable bonds is 3. The van der Waals surface area contributed by atoms with Gasteiger partial charge in [-0.1, -0.05) is 24.0 Å². The largest absolute Gasteiger partial charge is 0.376 e. The van der Waals surface area contributed by atoms with Gasteiger partial charge >= 0.3 is 0 Å². The van der Waals surface area contributed by atoms with Gasteiger partial charge in [-0.05, 0) is 19.9 Å². The number of carbonyl (C=O) groups excluding carboxylic acids is 1. The molecule has 3 rings (SSSR count). The molecule has 0 aromatic carbocycles. The zero-order chi connectivity index (χ0) is 14.8. The highest BCUT2D eigenvalue weighted by Crippen LogP contribution is 2.32. The summed E-state index contributed by atoms with van der Waals surface area (Å²) < 4.78 is 6.27. The van der Waals surface area contributed by atoms with Gasteiger partial charge in [0.2, 0.25) is 0 Å². The smallest absolute Gasteiger partial charge is 0.267 e. The molecule has 0 spiro atoms. The molecule has 1 amide bonds. The Hall–Kier alpha value is -0.630. The van der Waals surface area contributed by atoms with E-state index in [0.717, 1.165) is 50.5 Å². The third-order valence-electron chi connectivity index (χ3n) is 4.12. The first-order chi connectivity index (χ1) is 10.1. The number of nitrogens with zero attached hydrogens (tertiary/aromatic N) is 3. The van der Waals surface area contributed by atoms with E-state index >= 15 is 0 Å². The SMILES string of the molecule is CN1CCN(/C=C2\SC(=S)N(CC3CCCO3)C2=O)CC1. The third-order valence-corrected chi connectivity index (χ3v) is 5.49. The minimum absolute atomic E-state index is 0.0411. The van der Waals surface area contributed by atoms with E-state index < -0.39 is 0 Å². The Balaban J connectivity index is 1.62. The fraction of sp³-hybridized carbons (Fsp3) is 0.714. The Morgan fingerprint density at radius 2 is 2.14 bits per heavy atom. The molecule has 3 heterocycles. The number of hydrogen-bond acceptors (Lipinski definition) is 6. The second-order valence-corrected chi connectivity index (χ2v) is 7.43. The summed E-state index contributed by atoms with van der Waals surface area (Å²) in [4.78, 5) is 19.5. The Morgan fingerprint density at radius 1 is 1.38 bits per heavy atom. The summed E-state index contributed by atoms with van der Waals surface area (Å²) in [6, 6.07) is 0. The normalized spacial score (nSPS) is 30.0.